The summed E-state index contributed by atoms with van der Waals surface area (Å²) in [6, 6.07) is 2.52. The van der Waals surface area contributed by atoms with E-state index in [2.05, 4.69) is 5.32 Å². The number of phenolic OH excluding ortho intramolecular Hbond substituents is 2. The van der Waals surface area contributed by atoms with Crippen LogP contribution < -0.4 is 5.32 Å². The second kappa shape index (κ2) is 7.81. The van der Waals surface area contributed by atoms with Gasteiger partial charge in [-0.1, -0.05) is 12.2 Å². The van der Waals surface area contributed by atoms with E-state index in [1.165, 1.54) is 12.1 Å². The molecular formula is C18H23NO4. The van der Waals surface area contributed by atoms with Crippen LogP contribution in [0.5, 0.6) is 11.5 Å². The zero-order valence-electron chi connectivity index (χ0n) is 13.3. The molecule has 124 valence electrons. The van der Waals surface area contributed by atoms with Crippen LogP contribution in [0.4, 0.5) is 0 Å². The van der Waals surface area contributed by atoms with Gasteiger partial charge in [0.2, 0.25) is 0 Å². The fraction of sp³-hybridized carbons (Fsp3) is 0.444. The Bertz CT molecular complexity index is 622. The van der Waals surface area contributed by atoms with Crippen LogP contribution in [-0.4, -0.2) is 27.9 Å². The molecule has 0 aromatic heterocycles. The molecule has 2 rings (SSSR count). The molecule has 5 heteroatoms. The Balaban J connectivity index is 2.32. The van der Waals surface area contributed by atoms with Gasteiger partial charge < -0.3 is 15.5 Å². The van der Waals surface area contributed by atoms with Crippen LogP contribution in [0.15, 0.2) is 18.2 Å². The smallest absolute Gasteiger partial charge is 0.255 e. The van der Waals surface area contributed by atoms with Gasteiger partial charge in [-0.05, 0) is 44.2 Å². The van der Waals surface area contributed by atoms with E-state index < -0.39 is 0 Å². The number of Topliss-reactive ketones (excluding diaryl/α,β-unsaturated/α-hetero) is 1. The van der Waals surface area contributed by atoms with Gasteiger partial charge in [-0.25, -0.2) is 0 Å². The molecule has 1 heterocycles. The number of rotatable bonds is 0. The summed E-state index contributed by atoms with van der Waals surface area (Å²) in [5, 5.41) is 22.5. The van der Waals surface area contributed by atoms with E-state index >= 15 is 0 Å². The molecule has 1 atom stereocenters. The van der Waals surface area contributed by atoms with Crippen molar-refractivity contribution in [3.8, 4) is 11.5 Å². The van der Waals surface area contributed by atoms with E-state index in [0.29, 0.717) is 31.2 Å². The predicted octanol–water partition coefficient (Wildman–Crippen LogP) is 3.15. The van der Waals surface area contributed by atoms with Crippen LogP contribution in [0.2, 0.25) is 0 Å². The molecule has 0 bridgehead atoms. The lowest BCUT2D eigenvalue weighted by Gasteiger charge is -2.16. The molecule has 0 aliphatic carbocycles. The van der Waals surface area contributed by atoms with Crippen molar-refractivity contribution in [3.05, 3.63) is 29.3 Å². The van der Waals surface area contributed by atoms with Crippen LogP contribution in [0.3, 0.4) is 0 Å². The molecule has 0 spiro atoms. The lowest BCUT2D eigenvalue weighted by Crippen LogP contribution is -2.33. The van der Waals surface area contributed by atoms with E-state index in [9.17, 15) is 19.8 Å². The standard InChI is InChI=1S/C18H23NO4/c1-12-6-5-9-14(20)8-4-2-3-7-13-10-15(21)11-16(22)17(13)18(23)19-12/h3,7,10-12,21-22H,2,4-6,8-9H2,1H3,(H,19,23)/b7-3+/t12-/m0/s1. The molecule has 1 aliphatic rings. The zero-order chi connectivity index (χ0) is 16.8. The average molecular weight is 317 g/mol. The summed E-state index contributed by atoms with van der Waals surface area (Å²) < 4.78 is 0. The van der Waals surface area contributed by atoms with Crippen molar-refractivity contribution >= 4 is 17.8 Å². The van der Waals surface area contributed by atoms with Gasteiger partial charge in [-0.15, -0.1) is 0 Å². The monoisotopic (exact) mass is 317 g/mol. The quantitative estimate of drug-likeness (QED) is 0.686. The topological polar surface area (TPSA) is 86.6 Å². The minimum absolute atomic E-state index is 0.0942. The Morgan fingerprint density at radius 1 is 1.13 bits per heavy atom. The molecule has 0 fully saturated rings. The summed E-state index contributed by atoms with van der Waals surface area (Å²) in [6.07, 6.45) is 7.58. The van der Waals surface area contributed by atoms with Gasteiger partial charge >= 0.3 is 0 Å². The third-order valence-electron chi connectivity index (χ3n) is 3.95. The Morgan fingerprint density at radius 3 is 2.65 bits per heavy atom. The number of fused-ring (bicyclic) bond motifs is 1. The van der Waals surface area contributed by atoms with Crippen LogP contribution in [0, 0.1) is 0 Å². The highest BCUT2D eigenvalue weighted by Crippen LogP contribution is 2.28. The number of carbonyl (C=O) groups is 2. The van der Waals surface area contributed by atoms with Crippen molar-refractivity contribution in [1.29, 1.82) is 0 Å². The fourth-order valence-electron chi connectivity index (χ4n) is 2.74. The number of carbonyl (C=O) groups excluding carboxylic acids is 2. The van der Waals surface area contributed by atoms with Gasteiger partial charge in [0.25, 0.3) is 5.91 Å². The first-order valence-electron chi connectivity index (χ1n) is 8.02. The number of phenols is 2. The summed E-state index contributed by atoms with van der Waals surface area (Å²) in [5.74, 6) is -0.456. The molecule has 0 saturated heterocycles. The molecule has 23 heavy (non-hydrogen) atoms. The zero-order valence-corrected chi connectivity index (χ0v) is 13.3. The number of nitrogens with one attached hydrogen (secondary N) is 1. The van der Waals surface area contributed by atoms with Gasteiger partial charge in [-0.2, -0.15) is 0 Å². The largest absolute Gasteiger partial charge is 0.508 e. The van der Waals surface area contributed by atoms with Gasteiger partial charge in [-0.3, -0.25) is 9.59 Å². The second-order valence-electron chi connectivity index (χ2n) is 6.03. The average Bonchev–Trinajstić information content (AvgIpc) is 2.45. The van der Waals surface area contributed by atoms with Gasteiger partial charge in [0.1, 0.15) is 17.3 Å². The van der Waals surface area contributed by atoms with E-state index in [0.717, 1.165) is 12.8 Å². The molecule has 1 aromatic carbocycles. The van der Waals surface area contributed by atoms with Gasteiger partial charge in [0.05, 0.1) is 5.56 Å². The Morgan fingerprint density at radius 2 is 1.87 bits per heavy atom. The van der Waals surface area contributed by atoms with Crippen LogP contribution in [0.25, 0.3) is 6.08 Å². The number of benzene rings is 1. The van der Waals surface area contributed by atoms with Crippen LogP contribution in [0.1, 0.15) is 61.4 Å². The van der Waals surface area contributed by atoms with Gasteiger partial charge in [0.15, 0.2) is 0 Å². The Hall–Kier alpha value is -2.30. The highest BCUT2D eigenvalue weighted by Gasteiger charge is 2.18. The normalized spacial score (nSPS) is 21.9. The first kappa shape index (κ1) is 17.1. The number of amides is 1. The van der Waals surface area contributed by atoms with E-state index in [4.69, 9.17) is 0 Å². The van der Waals surface area contributed by atoms with E-state index in [-0.39, 0.29) is 34.8 Å². The van der Waals surface area contributed by atoms with Crippen molar-refractivity contribution in [1.82, 2.24) is 5.32 Å². The van der Waals surface area contributed by atoms with Crippen molar-refractivity contribution in [2.24, 2.45) is 0 Å². The minimum Gasteiger partial charge on any atom is -0.508 e. The SMILES string of the molecule is C[C@H]1CCCC(=O)CCC/C=C/c2cc(O)cc(O)c2C(=O)N1. The molecule has 1 amide bonds. The molecular weight excluding hydrogens is 294 g/mol. The highest BCUT2D eigenvalue weighted by molar-refractivity contribution is 6.00. The third-order valence-corrected chi connectivity index (χ3v) is 3.95. The summed E-state index contributed by atoms with van der Waals surface area (Å²) in [5.41, 5.74) is 0.634. The number of ketones is 1. The van der Waals surface area contributed by atoms with E-state index in [1.807, 2.05) is 13.0 Å². The fourth-order valence-corrected chi connectivity index (χ4v) is 2.74. The molecule has 1 aromatic rings. The first-order chi connectivity index (χ1) is 11.0. The maximum atomic E-state index is 12.4. The molecule has 0 saturated carbocycles. The number of hydrogen-bond acceptors (Lipinski definition) is 4. The second-order valence-corrected chi connectivity index (χ2v) is 6.03. The Kier molecular flexibility index (Phi) is 5.79. The maximum Gasteiger partial charge on any atom is 0.255 e. The van der Waals surface area contributed by atoms with Crippen molar-refractivity contribution in [2.75, 3.05) is 0 Å². The highest BCUT2D eigenvalue weighted by atomic mass is 16.3. The number of hydrogen-bond donors (Lipinski definition) is 3. The molecule has 3 N–H and O–H groups in total. The molecule has 5 nitrogen and oxygen atoms in total. The molecule has 1 aliphatic heterocycles. The summed E-state index contributed by atoms with van der Waals surface area (Å²) in [6.45, 7) is 1.88. The molecule has 0 unspecified atom stereocenters. The van der Waals surface area contributed by atoms with Crippen molar-refractivity contribution < 1.29 is 19.8 Å². The summed E-state index contributed by atoms with van der Waals surface area (Å²) in [4.78, 5) is 24.2. The Labute approximate surface area is 136 Å². The summed E-state index contributed by atoms with van der Waals surface area (Å²) in [7, 11) is 0. The number of aromatic hydroxyl groups is 2. The third kappa shape index (κ3) is 4.84. The van der Waals surface area contributed by atoms with Crippen molar-refractivity contribution in [3.63, 3.8) is 0 Å². The number of allylic oxidation sites excluding steroid dienone is 1. The maximum absolute atomic E-state index is 12.4. The summed E-state index contributed by atoms with van der Waals surface area (Å²) >= 11 is 0. The van der Waals surface area contributed by atoms with Crippen LogP contribution >= 0.6 is 0 Å². The van der Waals surface area contributed by atoms with Crippen LogP contribution in [-0.2, 0) is 4.79 Å². The first-order valence-corrected chi connectivity index (χ1v) is 8.02. The van der Waals surface area contributed by atoms with E-state index in [1.54, 1.807) is 6.08 Å². The van der Waals surface area contributed by atoms with Gasteiger partial charge in [0, 0.05) is 24.9 Å². The predicted molar refractivity (Wildman–Crippen MR) is 88.4 cm³/mol. The minimum atomic E-state index is -0.377. The van der Waals surface area contributed by atoms with Crippen molar-refractivity contribution in [2.45, 2.75) is 51.5 Å². The molecule has 0 radical (unpaired) electrons. The lowest BCUT2D eigenvalue weighted by atomic mass is 10.0. The lowest BCUT2D eigenvalue weighted by molar-refractivity contribution is -0.119.